The second-order valence-electron chi connectivity index (χ2n) is 23.3. The standard InChI is InChI=1S/C82H62N8O8/c1-3-52-40-72(88-84-68-33-17-29-58(42-68)78(94)54-22-10-5-11-23-54)46-62(76(52)92)38-64-48-74(90-86-70-35-19-31-60(44-70)80(96)56-26-14-7-15-27-56)50-66(82(64)98)39-65-49-73(89-85-69-34-18-30-59(43-69)79(95)55-24-12-6-13-25-55)47-63(81(65)97)37-61-45-71(36-51(2)75(61)91)87-83-67-32-16-28-57(41-67)77(93)53-20-8-4-9-21-53/h4-36,40-50,91-92,97-98H,3,37-39H2,1-2H3. The Bertz CT molecular complexity index is 5140. The van der Waals surface area contributed by atoms with E-state index in [0.717, 1.165) is 0 Å². The highest BCUT2D eigenvalue weighted by molar-refractivity contribution is 6.11. The first-order valence-electron chi connectivity index (χ1n) is 31.5. The molecule has 12 aromatic rings. The molecule has 0 spiro atoms. The smallest absolute Gasteiger partial charge is 0.193 e. The highest BCUT2D eigenvalue weighted by Crippen LogP contribution is 2.42. The van der Waals surface area contributed by atoms with Crippen molar-refractivity contribution in [2.24, 2.45) is 40.9 Å². The molecule has 0 saturated heterocycles. The van der Waals surface area contributed by atoms with E-state index in [9.17, 15) is 39.6 Å². The first-order chi connectivity index (χ1) is 47.7. The van der Waals surface area contributed by atoms with Crippen LogP contribution in [0.2, 0.25) is 0 Å². The molecule has 16 heteroatoms. The van der Waals surface area contributed by atoms with Crippen molar-refractivity contribution in [2.45, 2.75) is 39.5 Å². The summed E-state index contributed by atoms with van der Waals surface area (Å²) < 4.78 is 0. The summed E-state index contributed by atoms with van der Waals surface area (Å²) in [5.74, 6) is -1.24. The maximum absolute atomic E-state index is 13.6. The van der Waals surface area contributed by atoms with Crippen LogP contribution >= 0.6 is 0 Å². The normalized spacial score (nSPS) is 11.5. The zero-order valence-electron chi connectivity index (χ0n) is 53.2. The maximum Gasteiger partial charge on any atom is 0.193 e. The minimum atomic E-state index is -0.205. The fourth-order valence-corrected chi connectivity index (χ4v) is 11.3. The summed E-state index contributed by atoms with van der Waals surface area (Å²) in [6.07, 6.45) is 0.130. The largest absolute Gasteiger partial charge is 0.507 e. The van der Waals surface area contributed by atoms with E-state index in [2.05, 4.69) is 40.9 Å². The number of azo groups is 4. The van der Waals surface area contributed by atoms with Crippen LogP contribution in [0, 0.1) is 6.92 Å². The Kier molecular flexibility index (Phi) is 19.8. The molecule has 0 atom stereocenters. The topological polar surface area (TPSA) is 248 Å². The molecule has 0 amide bonds. The van der Waals surface area contributed by atoms with Crippen LogP contribution in [0.4, 0.5) is 45.5 Å². The molecule has 0 radical (unpaired) electrons. The minimum Gasteiger partial charge on any atom is -0.507 e. The third kappa shape index (κ3) is 15.6. The van der Waals surface area contributed by atoms with Crippen molar-refractivity contribution in [1.82, 2.24) is 0 Å². The molecule has 478 valence electrons. The minimum absolute atomic E-state index is 0.0290. The number of phenolic OH excluding ortho intramolecular Hbond substituents is 4. The van der Waals surface area contributed by atoms with Gasteiger partial charge in [-0.2, -0.15) is 40.9 Å². The Labute approximate surface area is 564 Å². The molecule has 98 heavy (non-hydrogen) atoms. The van der Waals surface area contributed by atoms with Gasteiger partial charge in [0.1, 0.15) is 23.0 Å². The van der Waals surface area contributed by atoms with Gasteiger partial charge in [0, 0.05) is 97.2 Å². The van der Waals surface area contributed by atoms with E-state index in [1.807, 2.05) is 31.2 Å². The van der Waals surface area contributed by atoms with Gasteiger partial charge in [-0.15, -0.1) is 0 Å². The molecule has 12 aromatic carbocycles. The van der Waals surface area contributed by atoms with Gasteiger partial charge in [-0.3, -0.25) is 19.2 Å². The number of nitrogens with zero attached hydrogens (tertiary/aromatic N) is 8. The number of phenols is 4. The molecule has 0 aliphatic heterocycles. The molecule has 0 aliphatic rings. The van der Waals surface area contributed by atoms with Crippen LogP contribution in [0.25, 0.3) is 0 Å². The predicted octanol–water partition coefficient (Wildman–Crippen LogP) is 20.7. The second-order valence-corrected chi connectivity index (χ2v) is 23.3. The molecule has 12 rings (SSSR count). The van der Waals surface area contributed by atoms with E-state index >= 15 is 0 Å². The third-order valence-electron chi connectivity index (χ3n) is 16.3. The fraction of sp³-hybridized carbons (Fsp3) is 0.0732. The average Bonchev–Trinajstić information content (AvgIpc) is 0.830. The Hall–Kier alpha value is -13.1. The zero-order valence-corrected chi connectivity index (χ0v) is 53.2. The summed E-state index contributed by atoms with van der Waals surface area (Å²) in [4.78, 5) is 53.9. The van der Waals surface area contributed by atoms with E-state index < -0.39 is 0 Å². The van der Waals surface area contributed by atoms with Crippen LogP contribution < -0.4 is 0 Å². The number of rotatable bonds is 23. The number of hydrogen-bond donors (Lipinski definition) is 4. The number of benzene rings is 12. The number of ketones is 4. The van der Waals surface area contributed by atoms with Crippen molar-refractivity contribution >= 4 is 68.6 Å². The van der Waals surface area contributed by atoms with Crippen molar-refractivity contribution < 1.29 is 39.6 Å². The van der Waals surface area contributed by atoms with Gasteiger partial charge in [0.15, 0.2) is 23.1 Å². The summed E-state index contributed by atoms with van der Waals surface area (Å²) in [6, 6.07) is 75.9. The summed E-state index contributed by atoms with van der Waals surface area (Å²) >= 11 is 0. The number of aryl methyl sites for hydroxylation is 2. The van der Waals surface area contributed by atoms with Crippen LogP contribution in [-0.4, -0.2) is 43.6 Å². The van der Waals surface area contributed by atoms with Gasteiger partial charge in [0.2, 0.25) is 0 Å². The number of aromatic hydroxyl groups is 4. The van der Waals surface area contributed by atoms with Crippen LogP contribution in [-0.2, 0) is 25.7 Å². The summed E-state index contributed by atoms with van der Waals surface area (Å²) in [5.41, 5.74) is 9.54. The lowest BCUT2D eigenvalue weighted by Gasteiger charge is -2.16. The van der Waals surface area contributed by atoms with Crippen LogP contribution in [0.1, 0.15) is 115 Å². The van der Waals surface area contributed by atoms with Gasteiger partial charge in [-0.1, -0.05) is 177 Å². The Balaban J connectivity index is 0.926. The number of carbonyl (C=O) groups is 4. The van der Waals surface area contributed by atoms with Gasteiger partial charge in [-0.25, -0.2) is 0 Å². The molecular formula is C82H62N8O8. The van der Waals surface area contributed by atoms with Gasteiger partial charge in [-0.05, 0) is 122 Å². The van der Waals surface area contributed by atoms with E-state index in [1.54, 1.807) is 250 Å². The molecule has 0 unspecified atom stereocenters. The zero-order chi connectivity index (χ0) is 68.1. The van der Waals surface area contributed by atoms with E-state index in [0.29, 0.717) is 118 Å². The maximum atomic E-state index is 13.6. The van der Waals surface area contributed by atoms with E-state index in [4.69, 9.17) is 0 Å². The van der Waals surface area contributed by atoms with Crippen molar-refractivity contribution in [3.8, 4) is 23.0 Å². The van der Waals surface area contributed by atoms with Crippen molar-refractivity contribution in [3.63, 3.8) is 0 Å². The molecule has 0 heterocycles. The lowest BCUT2D eigenvalue weighted by Crippen LogP contribution is -2.00. The molecular weight excluding hydrogens is 1220 g/mol. The summed E-state index contributed by atoms with van der Waals surface area (Å²) in [7, 11) is 0. The van der Waals surface area contributed by atoms with Crippen molar-refractivity contribution in [2.75, 3.05) is 0 Å². The predicted molar refractivity (Wildman–Crippen MR) is 377 cm³/mol. The quantitative estimate of drug-likeness (QED) is 0.0353. The average molecular weight is 1290 g/mol. The van der Waals surface area contributed by atoms with Gasteiger partial charge >= 0.3 is 0 Å². The SMILES string of the molecule is CCc1cc(N=Nc2cccc(C(=O)c3ccccc3)c2)cc(Cc2cc(N=Nc3cccc(C(=O)c4ccccc4)c3)cc(Cc3cc(N=Nc4cccc(C(=O)c5ccccc5)c4)cc(Cc4cc(N=Nc5cccc(C(=O)c6ccccc6)c5)cc(C)c4O)c3O)c2O)c1O. The molecule has 16 nitrogen and oxygen atoms in total. The van der Waals surface area contributed by atoms with Gasteiger partial charge in [0.05, 0.1) is 45.5 Å². The monoisotopic (exact) mass is 1290 g/mol. The highest BCUT2D eigenvalue weighted by atomic mass is 16.3. The molecule has 4 N–H and O–H groups in total. The molecule has 0 aromatic heterocycles. The lowest BCUT2D eigenvalue weighted by molar-refractivity contribution is 0.103. The summed E-state index contributed by atoms with van der Waals surface area (Å²) in [5, 5.41) is 85.5. The molecule has 0 bridgehead atoms. The third-order valence-corrected chi connectivity index (χ3v) is 16.3. The first-order valence-corrected chi connectivity index (χ1v) is 31.5. The van der Waals surface area contributed by atoms with E-state index in [-0.39, 0.29) is 87.9 Å². The second kappa shape index (κ2) is 29.9. The van der Waals surface area contributed by atoms with Crippen LogP contribution in [0.15, 0.2) is 308 Å². The van der Waals surface area contributed by atoms with E-state index in [1.165, 1.54) is 0 Å². The highest BCUT2D eigenvalue weighted by Gasteiger charge is 2.22. The van der Waals surface area contributed by atoms with Crippen LogP contribution in [0.5, 0.6) is 23.0 Å². The number of hydrogen-bond acceptors (Lipinski definition) is 16. The lowest BCUT2D eigenvalue weighted by atomic mass is 9.92. The number of carbonyl (C=O) groups excluding carboxylic acids is 4. The van der Waals surface area contributed by atoms with Crippen molar-refractivity contribution in [1.29, 1.82) is 0 Å². The van der Waals surface area contributed by atoms with Crippen molar-refractivity contribution in [3.05, 3.63) is 356 Å². The van der Waals surface area contributed by atoms with Gasteiger partial charge < -0.3 is 20.4 Å². The summed E-state index contributed by atoms with van der Waals surface area (Å²) in [6.45, 7) is 3.61. The van der Waals surface area contributed by atoms with Gasteiger partial charge in [0.25, 0.3) is 0 Å². The Morgan fingerprint density at radius 1 is 0.245 bits per heavy atom. The molecule has 0 fully saturated rings. The molecule has 0 aliphatic carbocycles. The fourth-order valence-electron chi connectivity index (χ4n) is 11.3. The molecule has 0 saturated carbocycles. The first kappa shape index (κ1) is 65.0. The van der Waals surface area contributed by atoms with Crippen LogP contribution in [0.3, 0.4) is 0 Å². The Morgan fingerprint density at radius 2 is 0.459 bits per heavy atom. The Morgan fingerprint density at radius 3 is 0.724 bits per heavy atom.